The van der Waals surface area contributed by atoms with E-state index in [1.807, 2.05) is 61.2 Å². The number of aliphatic imine (C=N–C) groups is 1. The summed E-state index contributed by atoms with van der Waals surface area (Å²) < 4.78 is 108. The molecule has 0 saturated carbocycles. The summed E-state index contributed by atoms with van der Waals surface area (Å²) in [6.07, 6.45) is 1.27. The molecule has 340 valence electrons. The molecule has 3 N–H and O–H groups in total. The number of benzene rings is 4. The van der Waals surface area contributed by atoms with Crippen molar-refractivity contribution < 1.29 is 111 Å². The summed E-state index contributed by atoms with van der Waals surface area (Å²) in [5.74, 6) is 4.59. The first-order chi connectivity index (χ1) is 30.1. The van der Waals surface area contributed by atoms with Crippen molar-refractivity contribution in [1.29, 1.82) is 0 Å². The number of nitrogens with two attached hydrogens (primary N) is 1. The van der Waals surface area contributed by atoms with Gasteiger partial charge in [-0.25, -0.2) is 26.4 Å². The van der Waals surface area contributed by atoms with E-state index in [2.05, 4.69) is 39.4 Å². The minimum atomic E-state index is -5.42. The molecule has 1 atom stereocenters. The summed E-state index contributed by atoms with van der Waals surface area (Å²) in [6.45, 7) is 11.4. The fourth-order valence-electron chi connectivity index (χ4n) is 7.13. The molecule has 0 amide bonds. The van der Waals surface area contributed by atoms with Crippen LogP contribution < -0.4 is 96.1 Å². The van der Waals surface area contributed by atoms with E-state index in [4.69, 9.17) is 32.4 Å². The van der Waals surface area contributed by atoms with Crippen LogP contribution in [0.15, 0.2) is 119 Å². The molecule has 0 aliphatic carbocycles. The topological polar surface area (TPSA) is 284 Å². The van der Waals surface area contributed by atoms with Gasteiger partial charge in [0, 0.05) is 73.1 Å². The molecule has 2 aliphatic rings. The first-order valence-corrected chi connectivity index (χ1v) is 24.2. The van der Waals surface area contributed by atoms with Gasteiger partial charge in [-0.3, -0.25) is 4.99 Å². The molecule has 66 heavy (non-hydrogen) atoms. The fraction of sp³-hybridized carbons (Fsp3) is 0.262. The minimum Gasteiger partial charge on any atom is -0.748 e. The third kappa shape index (κ3) is 11.9. The molecule has 4 heterocycles. The molecule has 2 aliphatic heterocycles. The minimum absolute atomic E-state index is 0. The Bertz CT molecular complexity index is 3240. The molecule has 0 fully saturated rings. The zero-order valence-electron chi connectivity index (χ0n) is 37.1. The van der Waals surface area contributed by atoms with Crippen molar-refractivity contribution in [3.8, 4) is 5.75 Å². The summed E-state index contributed by atoms with van der Waals surface area (Å²) in [7, 11) is -13.7. The summed E-state index contributed by atoms with van der Waals surface area (Å²) in [5, 5.41) is 0.710. The van der Waals surface area contributed by atoms with Gasteiger partial charge in [0.1, 0.15) is 22.5 Å². The molecule has 0 spiro atoms. The maximum absolute atomic E-state index is 12.9. The van der Waals surface area contributed by atoms with E-state index in [-0.39, 0.29) is 81.8 Å². The Morgan fingerprint density at radius 1 is 0.742 bits per heavy atom. The van der Waals surface area contributed by atoms with E-state index in [1.165, 1.54) is 6.07 Å². The van der Waals surface area contributed by atoms with Crippen molar-refractivity contribution in [3.05, 3.63) is 129 Å². The molecule has 19 nitrogen and oxygen atoms in total. The van der Waals surface area contributed by atoms with Crippen LogP contribution in [0, 0.1) is 0 Å². The Labute approximate surface area is 425 Å². The van der Waals surface area contributed by atoms with Crippen molar-refractivity contribution in [1.82, 2.24) is 0 Å². The fourth-order valence-corrected chi connectivity index (χ4v) is 8.57. The van der Waals surface area contributed by atoms with Crippen molar-refractivity contribution in [2.45, 2.75) is 44.1 Å². The number of nitrogens with zero attached hydrogens (tertiary/aromatic N) is 3. The van der Waals surface area contributed by atoms with Gasteiger partial charge in [-0.05, 0) is 93.9 Å². The van der Waals surface area contributed by atoms with Crippen molar-refractivity contribution >= 4 is 80.8 Å². The second kappa shape index (κ2) is 21.9. The van der Waals surface area contributed by atoms with Gasteiger partial charge in [0.15, 0.2) is 10.1 Å². The van der Waals surface area contributed by atoms with Crippen LogP contribution in [0.4, 0.5) is 22.7 Å². The maximum atomic E-state index is 12.9. The van der Waals surface area contributed by atoms with Gasteiger partial charge in [-0.15, -0.1) is 0 Å². The number of para-hydroxylation sites is 1. The number of hydrogen-bond donors (Lipinski definition) is 2. The normalized spacial score (nSPS) is 14.9. The van der Waals surface area contributed by atoms with Crippen LogP contribution >= 0.6 is 0 Å². The number of anilines is 3. The molecule has 0 radical (unpaired) electrons. The number of rotatable bonds is 11. The van der Waals surface area contributed by atoms with Crippen molar-refractivity contribution in [2.24, 2.45) is 10.9 Å². The zero-order chi connectivity index (χ0) is 46.8. The molecular formula is C42H43N5Na2O14S3. The van der Waals surface area contributed by atoms with Crippen LogP contribution in [0.25, 0.3) is 21.9 Å². The number of hydrogen-bond acceptors (Lipinski definition) is 19. The standard InChI is InChI=1S/C21H20N2O2.C20H21N3O9S2.CH4O3S.2Na/c1-3-23(4-2)16-10-9-15-11-17(21(24)25-20(15)13-16)19-12-14-7-5-6-8-18(14)22-19;1-3-23(4-2)13-6-5-12-9-15(19(24)30-18(12)10-13)20(34(27,28)29)22-16-11-14(33(25,26)32-21)7-8-17(16)31-20;1-5(2,3)4;;/h5-11,13H,3-4,12H2,1-2H3;5-11,22H,3-4,21H2,1-2H3,(H,27,28,29);1H3,(H,2,3,4);;/q;;;2*+1/p-2. The molecular weight excluding hydrogens is 941 g/mol. The van der Waals surface area contributed by atoms with Crippen LogP contribution in [0.1, 0.15) is 44.4 Å². The Hall–Kier alpha value is -4.14. The van der Waals surface area contributed by atoms with E-state index in [1.54, 1.807) is 18.2 Å². The quantitative estimate of drug-likeness (QED) is 0.0672. The number of nitrogens with one attached hydrogen (secondary N) is 1. The van der Waals surface area contributed by atoms with Gasteiger partial charge in [0.05, 0.1) is 37.7 Å². The zero-order valence-corrected chi connectivity index (χ0v) is 43.5. The van der Waals surface area contributed by atoms with Crippen LogP contribution in [-0.2, 0) is 46.1 Å². The third-order valence-electron chi connectivity index (χ3n) is 10.2. The van der Waals surface area contributed by atoms with Gasteiger partial charge in [-0.2, -0.15) is 18.6 Å². The largest absolute Gasteiger partial charge is 1.00 e. The smallest absolute Gasteiger partial charge is 0.748 e. The number of fused-ring (bicyclic) bond motifs is 4. The maximum Gasteiger partial charge on any atom is 1.00 e. The first kappa shape index (κ1) is 54.5. The molecule has 0 saturated heterocycles. The van der Waals surface area contributed by atoms with E-state index in [0.717, 1.165) is 65.0 Å². The van der Waals surface area contributed by atoms with E-state index >= 15 is 0 Å². The van der Waals surface area contributed by atoms with Gasteiger partial charge in [0.25, 0.3) is 0 Å². The summed E-state index contributed by atoms with van der Waals surface area (Å²) in [4.78, 5) is 33.8. The van der Waals surface area contributed by atoms with Crippen LogP contribution in [0.3, 0.4) is 0 Å². The average molecular weight is 984 g/mol. The molecule has 2 aromatic heterocycles. The van der Waals surface area contributed by atoms with E-state index in [9.17, 15) is 31.0 Å². The third-order valence-corrected chi connectivity index (χ3v) is 12.4. The predicted octanol–water partition coefficient (Wildman–Crippen LogP) is -1.14. The van der Waals surface area contributed by atoms with Crippen LogP contribution in [-0.4, -0.2) is 72.5 Å². The van der Waals surface area contributed by atoms with E-state index in [0.29, 0.717) is 42.3 Å². The van der Waals surface area contributed by atoms with Gasteiger partial charge in [0.2, 0.25) is 0 Å². The predicted molar refractivity (Wildman–Crippen MR) is 239 cm³/mol. The van der Waals surface area contributed by atoms with E-state index < -0.39 is 51.5 Å². The molecule has 4 aromatic carbocycles. The Morgan fingerprint density at radius 3 is 1.79 bits per heavy atom. The SMILES string of the molecule is CCN(CC)c1ccc2cc(C3(S(=O)(=O)[O-])Nc4cc(S(=O)(=O)ON)ccc4O3)c(=O)oc2c1.CCN(CC)c1ccc2cc(C3=Nc4ccccc4C3)c(=O)oc2c1.CS(=O)(=O)[O-].[Na+].[Na+]. The second-order valence-electron chi connectivity index (χ2n) is 14.3. The van der Waals surface area contributed by atoms with Crippen LogP contribution in [0.2, 0.25) is 0 Å². The summed E-state index contributed by atoms with van der Waals surface area (Å²) in [5.41, 5.74) is 3.83. The average Bonchev–Trinajstić information content (AvgIpc) is 3.86. The van der Waals surface area contributed by atoms with Gasteiger partial charge >= 0.3 is 85.5 Å². The molecule has 6 aromatic rings. The second-order valence-corrected chi connectivity index (χ2v) is 18.7. The summed E-state index contributed by atoms with van der Waals surface area (Å²) >= 11 is 0. The Morgan fingerprint density at radius 2 is 1.27 bits per heavy atom. The van der Waals surface area contributed by atoms with Crippen molar-refractivity contribution in [3.63, 3.8) is 0 Å². The Kier molecular flexibility index (Phi) is 18.0. The molecule has 1 unspecified atom stereocenters. The monoisotopic (exact) mass is 983 g/mol. The Balaban J connectivity index is 0.000000263. The number of ether oxygens (including phenoxy) is 1. The first-order valence-electron chi connectivity index (χ1n) is 19.6. The molecule has 24 heteroatoms. The molecule has 0 bridgehead atoms. The van der Waals surface area contributed by atoms with Gasteiger partial charge in [-0.1, -0.05) is 18.2 Å². The molecule has 8 rings (SSSR count). The van der Waals surface area contributed by atoms with Crippen molar-refractivity contribution in [2.75, 3.05) is 47.6 Å². The summed E-state index contributed by atoms with van der Waals surface area (Å²) in [6, 6.07) is 25.2. The van der Waals surface area contributed by atoms with Crippen LogP contribution in [0.5, 0.6) is 5.75 Å². The van der Waals surface area contributed by atoms with Gasteiger partial charge < -0.3 is 37.8 Å².